The van der Waals surface area contributed by atoms with Crippen LogP contribution in [0.2, 0.25) is 0 Å². The number of rotatable bonds is 1. The van der Waals surface area contributed by atoms with E-state index < -0.39 is 0 Å². The normalized spacial score (nSPS) is 10.4. The van der Waals surface area contributed by atoms with Crippen molar-refractivity contribution < 1.29 is 22.2 Å². The molecule has 0 amide bonds. The summed E-state index contributed by atoms with van der Waals surface area (Å²) < 4.78 is 0. The molecule has 3 aromatic rings. The van der Waals surface area contributed by atoms with Crippen molar-refractivity contribution in [2.24, 2.45) is 0 Å². The molecule has 2 aromatic heterocycles. The van der Waals surface area contributed by atoms with E-state index in [1.54, 1.807) is 6.20 Å². The maximum atomic E-state index is 9.09. The van der Waals surface area contributed by atoms with Gasteiger partial charge >= 0.3 is 0 Å². The third-order valence-electron chi connectivity index (χ3n) is 2.65. The molecule has 0 saturated heterocycles. The molecule has 0 unspecified atom stereocenters. The number of hydrogen-bond acceptors (Lipinski definition) is 3. The van der Waals surface area contributed by atoms with Crippen LogP contribution < -0.4 is 0 Å². The molecule has 3 nitrogen and oxygen atoms in total. The maximum Gasteiger partial charge on any atom is 0.0968 e. The summed E-state index contributed by atoms with van der Waals surface area (Å²) in [5, 5.41) is 11.2. The van der Waals surface area contributed by atoms with E-state index >= 15 is 0 Å². The molecular formula is C13H10FeN2O. The molecule has 1 N–H and O–H groups in total. The van der Waals surface area contributed by atoms with Crippen LogP contribution in [0.15, 0.2) is 42.6 Å². The van der Waals surface area contributed by atoms with Crippen molar-refractivity contribution in [1.82, 2.24) is 9.97 Å². The number of nitrogens with zero attached hydrogens (tertiary/aromatic N) is 2. The van der Waals surface area contributed by atoms with Crippen molar-refractivity contribution in [3.05, 3.63) is 48.3 Å². The second kappa shape index (κ2) is 4.80. The van der Waals surface area contributed by atoms with Gasteiger partial charge in [0, 0.05) is 34.0 Å². The van der Waals surface area contributed by atoms with Gasteiger partial charge in [-0.1, -0.05) is 24.3 Å². The number of aromatic nitrogens is 2. The van der Waals surface area contributed by atoms with Crippen molar-refractivity contribution in [2.45, 2.75) is 6.61 Å². The Bertz CT molecular complexity index is 670. The van der Waals surface area contributed by atoms with Crippen LogP contribution in [0.5, 0.6) is 0 Å². The van der Waals surface area contributed by atoms with E-state index in [0.717, 1.165) is 21.8 Å². The second-order valence-electron chi connectivity index (χ2n) is 3.67. The van der Waals surface area contributed by atoms with Crippen LogP contribution in [0.3, 0.4) is 0 Å². The van der Waals surface area contributed by atoms with Crippen molar-refractivity contribution >= 4 is 21.8 Å². The van der Waals surface area contributed by atoms with Crippen LogP contribution in [-0.4, -0.2) is 15.1 Å². The van der Waals surface area contributed by atoms with Gasteiger partial charge in [-0.2, -0.15) is 0 Å². The molecule has 0 atom stereocenters. The Balaban J connectivity index is 0.00000108. The van der Waals surface area contributed by atoms with E-state index in [9.17, 15) is 0 Å². The zero-order chi connectivity index (χ0) is 11.0. The number of aliphatic hydroxyl groups excluding tert-OH is 1. The van der Waals surface area contributed by atoms with Gasteiger partial charge in [0.2, 0.25) is 0 Å². The van der Waals surface area contributed by atoms with Gasteiger partial charge in [0.15, 0.2) is 0 Å². The first-order valence-electron chi connectivity index (χ1n) is 5.13. The summed E-state index contributed by atoms with van der Waals surface area (Å²) in [6, 6.07) is 11.8. The number of aliphatic hydroxyl groups is 1. The first-order chi connectivity index (χ1) is 7.88. The van der Waals surface area contributed by atoms with Crippen molar-refractivity contribution in [3.8, 4) is 0 Å². The summed E-state index contributed by atoms with van der Waals surface area (Å²) in [5.41, 5.74) is 2.41. The van der Waals surface area contributed by atoms with Crippen molar-refractivity contribution in [3.63, 3.8) is 0 Å². The van der Waals surface area contributed by atoms with Crippen molar-refractivity contribution in [2.75, 3.05) is 0 Å². The van der Waals surface area contributed by atoms with E-state index in [2.05, 4.69) is 9.97 Å². The Kier molecular flexibility index (Phi) is 3.38. The maximum absolute atomic E-state index is 9.09. The van der Waals surface area contributed by atoms with Gasteiger partial charge < -0.3 is 5.11 Å². The molecule has 0 aliphatic heterocycles. The van der Waals surface area contributed by atoms with E-state index in [0.29, 0.717) is 5.69 Å². The van der Waals surface area contributed by atoms with Gasteiger partial charge in [-0.05, 0) is 12.1 Å². The van der Waals surface area contributed by atoms with Crippen LogP contribution in [0.4, 0.5) is 0 Å². The van der Waals surface area contributed by atoms with Gasteiger partial charge in [0.05, 0.1) is 23.3 Å². The molecule has 0 bridgehead atoms. The van der Waals surface area contributed by atoms with Gasteiger partial charge in [-0.3, -0.25) is 4.98 Å². The quantitative estimate of drug-likeness (QED) is 0.543. The molecule has 0 radical (unpaired) electrons. The summed E-state index contributed by atoms with van der Waals surface area (Å²) >= 11 is 0. The van der Waals surface area contributed by atoms with Crippen LogP contribution >= 0.6 is 0 Å². The largest absolute Gasteiger partial charge is 0.390 e. The number of hydrogen-bond donors (Lipinski definition) is 1. The Labute approximate surface area is 109 Å². The van der Waals surface area contributed by atoms with Crippen LogP contribution in [-0.2, 0) is 23.7 Å². The summed E-state index contributed by atoms with van der Waals surface area (Å²) in [6.07, 6.45) is 1.76. The number of pyridine rings is 2. The molecule has 2 heterocycles. The molecule has 86 valence electrons. The summed E-state index contributed by atoms with van der Waals surface area (Å²) in [5.74, 6) is 0. The minimum atomic E-state index is -0.0425. The molecule has 4 heteroatoms. The van der Waals surface area contributed by atoms with E-state index in [1.807, 2.05) is 36.4 Å². The zero-order valence-electron chi connectivity index (χ0n) is 8.94. The Morgan fingerprint density at radius 2 is 1.65 bits per heavy atom. The van der Waals surface area contributed by atoms with Gasteiger partial charge in [-0.25, -0.2) is 4.98 Å². The monoisotopic (exact) mass is 266 g/mol. The summed E-state index contributed by atoms with van der Waals surface area (Å²) in [7, 11) is 0. The molecular weight excluding hydrogens is 256 g/mol. The molecule has 0 aliphatic carbocycles. The SMILES string of the molecule is OCc1ccc2ccc3cccnc3c2n1.[Fe]. The third-order valence-corrected chi connectivity index (χ3v) is 2.65. The first-order valence-corrected chi connectivity index (χ1v) is 5.13. The average molecular weight is 266 g/mol. The predicted octanol–water partition coefficient (Wildman–Crippen LogP) is 2.27. The fourth-order valence-corrected chi connectivity index (χ4v) is 1.85. The second-order valence-corrected chi connectivity index (χ2v) is 3.67. The Hall–Kier alpha value is -1.48. The van der Waals surface area contributed by atoms with Crippen LogP contribution in [0.1, 0.15) is 5.69 Å². The van der Waals surface area contributed by atoms with E-state index in [4.69, 9.17) is 5.11 Å². The minimum absolute atomic E-state index is 0. The molecule has 0 fully saturated rings. The van der Waals surface area contributed by atoms with E-state index in [1.165, 1.54) is 0 Å². The molecule has 1 aromatic carbocycles. The topological polar surface area (TPSA) is 46.0 Å². The summed E-state index contributed by atoms with van der Waals surface area (Å²) in [6.45, 7) is -0.0425. The standard InChI is InChI=1S/C13H10N2O.Fe/c16-8-11-6-5-10-4-3-9-2-1-7-14-12(9)13(10)15-11;/h1-7,16H,8H2;. The Morgan fingerprint density at radius 1 is 0.941 bits per heavy atom. The number of benzene rings is 1. The fourth-order valence-electron chi connectivity index (χ4n) is 1.85. The molecule has 0 spiro atoms. The van der Waals surface area contributed by atoms with Gasteiger partial charge in [0.25, 0.3) is 0 Å². The smallest absolute Gasteiger partial charge is 0.0968 e. The third kappa shape index (κ3) is 2.03. The average Bonchev–Trinajstić information content (AvgIpc) is 2.38. The van der Waals surface area contributed by atoms with Crippen LogP contribution in [0.25, 0.3) is 21.8 Å². The van der Waals surface area contributed by atoms with Gasteiger partial charge in [-0.15, -0.1) is 0 Å². The van der Waals surface area contributed by atoms with Gasteiger partial charge in [0.1, 0.15) is 0 Å². The number of fused-ring (bicyclic) bond motifs is 3. The molecule has 3 rings (SSSR count). The predicted molar refractivity (Wildman–Crippen MR) is 63.0 cm³/mol. The first kappa shape index (κ1) is 12.0. The minimum Gasteiger partial charge on any atom is -0.390 e. The van der Waals surface area contributed by atoms with Crippen LogP contribution in [0, 0.1) is 0 Å². The van der Waals surface area contributed by atoms with Crippen molar-refractivity contribution in [1.29, 1.82) is 0 Å². The zero-order valence-corrected chi connectivity index (χ0v) is 10.0. The molecule has 0 saturated carbocycles. The Morgan fingerprint density at radius 3 is 2.41 bits per heavy atom. The van der Waals surface area contributed by atoms with E-state index in [-0.39, 0.29) is 23.7 Å². The summed E-state index contributed by atoms with van der Waals surface area (Å²) in [4.78, 5) is 8.75. The molecule has 0 aliphatic rings. The molecule has 17 heavy (non-hydrogen) atoms. The fraction of sp³-hybridized carbons (Fsp3) is 0.0769.